The van der Waals surface area contributed by atoms with Gasteiger partial charge in [-0.05, 0) is 13.1 Å². The standard InChI is InChI=1S/C11H26N4O/c1-5-13-7-11(3,8-14-6-2)9-15-10(16)12-4/h13-14H,5-9H2,1-4H3,(H2,12,15,16). The third-order valence-corrected chi connectivity index (χ3v) is 2.51. The van der Waals surface area contributed by atoms with Gasteiger partial charge in [0.2, 0.25) is 0 Å². The zero-order valence-electron chi connectivity index (χ0n) is 10.9. The van der Waals surface area contributed by atoms with Crippen LogP contribution in [0.25, 0.3) is 0 Å². The van der Waals surface area contributed by atoms with Gasteiger partial charge in [0.25, 0.3) is 0 Å². The number of urea groups is 1. The highest BCUT2D eigenvalue weighted by molar-refractivity contribution is 5.73. The van der Waals surface area contributed by atoms with Crippen molar-refractivity contribution in [1.29, 1.82) is 0 Å². The Kier molecular flexibility index (Phi) is 7.93. The van der Waals surface area contributed by atoms with Gasteiger partial charge < -0.3 is 21.3 Å². The summed E-state index contributed by atoms with van der Waals surface area (Å²) in [6.07, 6.45) is 0. The molecule has 0 unspecified atom stereocenters. The third-order valence-electron chi connectivity index (χ3n) is 2.51. The minimum atomic E-state index is -0.126. The summed E-state index contributed by atoms with van der Waals surface area (Å²) in [4.78, 5) is 11.1. The average molecular weight is 230 g/mol. The monoisotopic (exact) mass is 230 g/mol. The Morgan fingerprint density at radius 1 is 1.06 bits per heavy atom. The molecule has 0 aromatic carbocycles. The SMILES string of the molecule is CCNCC(C)(CNCC)CNC(=O)NC. The maximum absolute atomic E-state index is 11.1. The van der Waals surface area contributed by atoms with Crippen molar-refractivity contribution >= 4 is 6.03 Å². The average Bonchev–Trinajstić information content (AvgIpc) is 2.31. The Hall–Kier alpha value is -0.810. The van der Waals surface area contributed by atoms with Crippen LogP contribution < -0.4 is 21.3 Å². The molecule has 0 rings (SSSR count). The van der Waals surface area contributed by atoms with E-state index in [2.05, 4.69) is 42.0 Å². The summed E-state index contributed by atoms with van der Waals surface area (Å²) in [5.41, 5.74) is 0.0402. The zero-order valence-corrected chi connectivity index (χ0v) is 10.9. The first-order valence-electron chi connectivity index (χ1n) is 5.95. The van der Waals surface area contributed by atoms with Crippen molar-refractivity contribution in [3.8, 4) is 0 Å². The fourth-order valence-electron chi connectivity index (χ4n) is 1.42. The number of carbonyl (C=O) groups excluding carboxylic acids is 1. The first kappa shape index (κ1) is 15.2. The van der Waals surface area contributed by atoms with Crippen molar-refractivity contribution in [1.82, 2.24) is 21.3 Å². The lowest BCUT2D eigenvalue weighted by Gasteiger charge is -2.30. The van der Waals surface area contributed by atoms with Crippen molar-refractivity contribution in [2.75, 3.05) is 39.8 Å². The summed E-state index contributed by atoms with van der Waals surface area (Å²) in [6, 6.07) is -0.126. The van der Waals surface area contributed by atoms with Crippen LogP contribution in [0.2, 0.25) is 0 Å². The summed E-state index contributed by atoms with van der Waals surface area (Å²) in [5.74, 6) is 0. The molecule has 0 heterocycles. The number of hydrogen-bond acceptors (Lipinski definition) is 3. The summed E-state index contributed by atoms with van der Waals surface area (Å²) < 4.78 is 0. The summed E-state index contributed by atoms with van der Waals surface area (Å²) >= 11 is 0. The number of rotatable bonds is 8. The molecule has 0 atom stereocenters. The smallest absolute Gasteiger partial charge is 0.314 e. The second-order valence-corrected chi connectivity index (χ2v) is 4.30. The normalized spacial score (nSPS) is 11.2. The molecule has 0 aliphatic carbocycles. The first-order chi connectivity index (χ1) is 7.58. The Bertz CT molecular complexity index is 188. The van der Waals surface area contributed by atoms with E-state index in [1.807, 2.05) is 0 Å². The Labute approximate surface area is 98.7 Å². The van der Waals surface area contributed by atoms with E-state index in [9.17, 15) is 4.79 Å². The fourth-order valence-corrected chi connectivity index (χ4v) is 1.42. The highest BCUT2D eigenvalue weighted by Gasteiger charge is 2.23. The van der Waals surface area contributed by atoms with Crippen molar-refractivity contribution < 1.29 is 4.79 Å². The van der Waals surface area contributed by atoms with Crippen LogP contribution >= 0.6 is 0 Å². The van der Waals surface area contributed by atoms with Gasteiger partial charge >= 0.3 is 6.03 Å². The molecule has 0 radical (unpaired) electrons. The number of carbonyl (C=O) groups is 1. The number of nitrogens with one attached hydrogen (secondary N) is 4. The maximum atomic E-state index is 11.1. The predicted molar refractivity (Wildman–Crippen MR) is 67.7 cm³/mol. The Morgan fingerprint density at radius 2 is 1.56 bits per heavy atom. The molecular formula is C11H26N4O. The van der Waals surface area contributed by atoms with Gasteiger partial charge in [0.15, 0.2) is 0 Å². The topological polar surface area (TPSA) is 65.2 Å². The molecule has 0 aromatic rings. The molecule has 0 aliphatic heterocycles. The van der Waals surface area contributed by atoms with E-state index in [4.69, 9.17) is 0 Å². The first-order valence-corrected chi connectivity index (χ1v) is 5.95. The van der Waals surface area contributed by atoms with Crippen LogP contribution in [-0.4, -0.2) is 45.8 Å². The van der Waals surface area contributed by atoms with Crippen LogP contribution in [0.1, 0.15) is 20.8 Å². The van der Waals surface area contributed by atoms with E-state index in [-0.39, 0.29) is 11.4 Å². The Morgan fingerprint density at radius 3 is 1.94 bits per heavy atom. The lowest BCUT2D eigenvalue weighted by molar-refractivity contribution is 0.229. The van der Waals surface area contributed by atoms with E-state index in [1.165, 1.54) is 0 Å². The van der Waals surface area contributed by atoms with Crippen molar-refractivity contribution in [2.45, 2.75) is 20.8 Å². The fraction of sp³-hybridized carbons (Fsp3) is 0.909. The summed E-state index contributed by atoms with van der Waals surface area (Å²) in [7, 11) is 1.63. The zero-order chi connectivity index (χ0) is 12.4. The molecule has 5 heteroatoms. The van der Waals surface area contributed by atoms with Gasteiger partial charge in [0.1, 0.15) is 0 Å². The van der Waals surface area contributed by atoms with Gasteiger partial charge in [-0.15, -0.1) is 0 Å². The molecule has 0 aromatic heterocycles. The van der Waals surface area contributed by atoms with Crippen LogP contribution in [0.15, 0.2) is 0 Å². The molecule has 0 fully saturated rings. The van der Waals surface area contributed by atoms with E-state index < -0.39 is 0 Å². The van der Waals surface area contributed by atoms with Gasteiger partial charge in [0, 0.05) is 32.1 Å². The van der Waals surface area contributed by atoms with E-state index in [0.29, 0.717) is 6.54 Å². The molecule has 0 spiro atoms. The van der Waals surface area contributed by atoms with Gasteiger partial charge in [-0.1, -0.05) is 20.8 Å². The Balaban J connectivity index is 4.11. The van der Waals surface area contributed by atoms with Crippen LogP contribution in [0.3, 0.4) is 0 Å². The summed E-state index contributed by atoms with van der Waals surface area (Å²) in [6.45, 7) is 10.7. The van der Waals surface area contributed by atoms with Crippen LogP contribution in [0, 0.1) is 5.41 Å². The third kappa shape index (κ3) is 6.63. The highest BCUT2D eigenvalue weighted by atomic mass is 16.2. The van der Waals surface area contributed by atoms with E-state index in [1.54, 1.807) is 7.05 Å². The van der Waals surface area contributed by atoms with Gasteiger partial charge in [-0.3, -0.25) is 0 Å². The van der Waals surface area contributed by atoms with Crippen molar-refractivity contribution in [2.24, 2.45) is 5.41 Å². The quantitative estimate of drug-likeness (QED) is 0.480. The lowest BCUT2D eigenvalue weighted by atomic mass is 9.90. The summed E-state index contributed by atoms with van der Waals surface area (Å²) in [5, 5.41) is 12.1. The van der Waals surface area contributed by atoms with Crippen LogP contribution in [0.5, 0.6) is 0 Å². The number of amides is 2. The highest BCUT2D eigenvalue weighted by Crippen LogP contribution is 2.12. The van der Waals surface area contributed by atoms with Gasteiger partial charge in [-0.25, -0.2) is 4.79 Å². The van der Waals surface area contributed by atoms with E-state index in [0.717, 1.165) is 26.2 Å². The lowest BCUT2D eigenvalue weighted by Crippen LogP contribution is -2.49. The minimum Gasteiger partial charge on any atom is -0.341 e. The molecule has 2 amide bonds. The van der Waals surface area contributed by atoms with Crippen molar-refractivity contribution in [3.05, 3.63) is 0 Å². The second-order valence-electron chi connectivity index (χ2n) is 4.30. The number of hydrogen-bond donors (Lipinski definition) is 4. The molecule has 16 heavy (non-hydrogen) atoms. The molecule has 0 bridgehead atoms. The molecule has 0 saturated heterocycles. The largest absolute Gasteiger partial charge is 0.341 e. The van der Waals surface area contributed by atoms with Gasteiger partial charge in [-0.2, -0.15) is 0 Å². The molecular weight excluding hydrogens is 204 g/mol. The molecule has 0 saturated carbocycles. The minimum absolute atomic E-state index is 0.0402. The van der Waals surface area contributed by atoms with Crippen LogP contribution in [-0.2, 0) is 0 Å². The van der Waals surface area contributed by atoms with Gasteiger partial charge in [0.05, 0.1) is 0 Å². The van der Waals surface area contributed by atoms with Crippen molar-refractivity contribution in [3.63, 3.8) is 0 Å². The van der Waals surface area contributed by atoms with E-state index >= 15 is 0 Å². The molecule has 0 aliphatic rings. The van der Waals surface area contributed by atoms with Crippen LogP contribution in [0.4, 0.5) is 4.79 Å². The molecule has 96 valence electrons. The second kappa shape index (κ2) is 8.35. The predicted octanol–water partition coefficient (Wildman–Crippen LogP) is 0.141. The molecule has 5 nitrogen and oxygen atoms in total. The maximum Gasteiger partial charge on any atom is 0.314 e. The molecule has 4 N–H and O–H groups in total.